The van der Waals surface area contributed by atoms with E-state index in [-0.39, 0.29) is 12.6 Å². The van der Waals surface area contributed by atoms with Crippen LogP contribution in [0, 0.1) is 0 Å². The topological polar surface area (TPSA) is 43.8 Å². The number of carbonyl (C=O) groups excluding carboxylic acids is 1. The Morgan fingerprint density at radius 2 is 2.05 bits per heavy atom. The lowest BCUT2D eigenvalue weighted by molar-refractivity contribution is 0.0854. The van der Waals surface area contributed by atoms with Crippen LogP contribution >= 0.6 is 0 Å². The fourth-order valence-corrected chi connectivity index (χ4v) is 2.59. The SMILES string of the molecule is [B]C(=O)N1CCN(Cc2ccccc2)C[C@@H]1CCO. The second-order valence-electron chi connectivity index (χ2n) is 4.92. The highest BCUT2D eigenvalue weighted by molar-refractivity contribution is 6.56. The Hall–Kier alpha value is -1.33. The summed E-state index contributed by atoms with van der Waals surface area (Å²) >= 11 is 0. The van der Waals surface area contributed by atoms with Crippen LogP contribution in [0.3, 0.4) is 0 Å². The monoisotopic (exact) mass is 258 g/mol. The van der Waals surface area contributed by atoms with Crippen molar-refractivity contribution in [3.8, 4) is 0 Å². The normalized spacial score (nSPS) is 20.5. The lowest BCUT2D eigenvalue weighted by atomic mass is 10.0. The molecule has 4 nitrogen and oxygen atoms in total. The fraction of sp³-hybridized carbons (Fsp3) is 0.500. The van der Waals surface area contributed by atoms with Crippen LogP contribution in [-0.4, -0.2) is 60.8 Å². The Morgan fingerprint density at radius 3 is 2.68 bits per heavy atom. The van der Waals surface area contributed by atoms with E-state index in [9.17, 15) is 4.79 Å². The predicted molar refractivity (Wildman–Crippen MR) is 75.1 cm³/mol. The summed E-state index contributed by atoms with van der Waals surface area (Å²) in [5, 5.41) is 9.10. The predicted octanol–water partition coefficient (Wildman–Crippen LogP) is 0.844. The second-order valence-corrected chi connectivity index (χ2v) is 4.92. The largest absolute Gasteiger partial charge is 0.396 e. The van der Waals surface area contributed by atoms with Crippen molar-refractivity contribution in [2.24, 2.45) is 0 Å². The van der Waals surface area contributed by atoms with Gasteiger partial charge in [-0.05, 0) is 12.0 Å². The Balaban J connectivity index is 1.96. The summed E-state index contributed by atoms with van der Waals surface area (Å²) in [6.07, 6.45) is 0.578. The second kappa shape index (κ2) is 6.73. The summed E-state index contributed by atoms with van der Waals surface area (Å²) in [5.74, 6) is -0.391. The number of amides is 1. The number of rotatable bonds is 4. The molecule has 1 heterocycles. The van der Waals surface area contributed by atoms with E-state index in [4.69, 9.17) is 13.0 Å². The van der Waals surface area contributed by atoms with Crippen molar-refractivity contribution in [2.45, 2.75) is 19.0 Å². The summed E-state index contributed by atoms with van der Waals surface area (Å²) in [6, 6.07) is 10.3. The lowest BCUT2D eigenvalue weighted by Gasteiger charge is -2.41. The number of benzene rings is 1. The average Bonchev–Trinajstić information content (AvgIpc) is 2.40. The van der Waals surface area contributed by atoms with Gasteiger partial charge in [-0.15, -0.1) is 0 Å². The minimum Gasteiger partial charge on any atom is -0.396 e. The first-order valence-electron chi connectivity index (χ1n) is 6.64. The van der Waals surface area contributed by atoms with E-state index in [1.54, 1.807) is 4.90 Å². The van der Waals surface area contributed by atoms with Crippen molar-refractivity contribution in [3.05, 3.63) is 35.9 Å². The van der Waals surface area contributed by atoms with Gasteiger partial charge in [-0.1, -0.05) is 30.3 Å². The first-order valence-corrected chi connectivity index (χ1v) is 6.64. The molecule has 0 unspecified atom stereocenters. The molecule has 19 heavy (non-hydrogen) atoms. The Labute approximate surface area is 115 Å². The number of hydrogen-bond acceptors (Lipinski definition) is 3. The number of nitrogens with zero attached hydrogens (tertiary/aromatic N) is 2. The van der Waals surface area contributed by atoms with Crippen molar-refractivity contribution in [1.29, 1.82) is 0 Å². The highest BCUT2D eigenvalue weighted by Crippen LogP contribution is 2.15. The number of aliphatic hydroxyl groups excluding tert-OH is 1. The molecule has 1 aliphatic rings. The Morgan fingerprint density at radius 1 is 1.32 bits per heavy atom. The van der Waals surface area contributed by atoms with Crippen LogP contribution in [0.2, 0.25) is 0 Å². The molecule has 2 rings (SSSR count). The molecule has 1 fully saturated rings. The van der Waals surface area contributed by atoms with Gasteiger partial charge >= 0.3 is 0 Å². The first kappa shape index (κ1) is 14.1. The van der Waals surface area contributed by atoms with Gasteiger partial charge in [0, 0.05) is 38.8 Å². The quantitative estimate of drug-likeness (QED) is 0.814. The van der Waals surface area contributed by atoms with Crippen LogP contribution < -0.4 is 0 Å². The van der Waals surface area contributed by atoms with Gasteiger partial charge in [0.15, 0.2) is 5.81 Å². The molecular formula is C14H19BN2O2. The van der Waals surface area contributed by atoms with Gasteiger partial charge < -0.3 is 10.0 Å². The Kier molecular flexibility index (Phi) is 4.99. The molecule has 0 bridgehead atoms. The fourth-order valence-electron chi connectivity index (χ4n) is 2.59. The van der Waals surface area contributed by atoms with Crippen LogP contribution in [-0.2, 0) is 6.54 Å². The summed E-state index contributed by atoms with van der Waals surface area (Å²) in [6.45, 7) is 3.16. The maximum atomic E-state index is 11.4. The highest BCUT2D eigenvalue weighted by atomic mass is 16.3. The van der Waals surface area contributed by atoms with Gasteiger partial charge in [-0.25, -0.2) is 0 Å². The van der Waals surface area contributed by atoms with Gasteiger partial charge in [0.05, 0.1) is 0 Å². The molecule has 1 atom stereocenters. The van der Waals surface area contributed by atoms with E-state index in [2.05, 4.69) is 17.0 Å². The van der Waals surface area contributed by atoms with Gasteiger partial charge in [-0.2, -0.15) is 0 Å². The maximum Gasteiger partial charge on any atom is 0.200 e. The van der Waals surface area contributed by atoms with Crippen molar-refractivity contribution < 1.29 is 9.90 Å². The van der Waals surface area contributed by atoms with Gasteiger partial charge in [-0.3, -0.25) is 9.69 Å². The number of piperazine rings is 1. The Bertz CT molecular complexity index is 413. The van der Waals surface area contributed by atoms with Gasteiger partial charge in [0.1, 0.15) is 0 Å². The van der Waals surface area contributed by atoms with E-state index in [0.29, 0.717) is 13.0 Å². The third-order valence-corrected chi connectivity index (χ3v) is 3.56. The molecule has 1 saturated heterocycles. The summed E-state index contributed by atoms with van der Waals surface area (Å²) in [7, 11) is 5.37. The molecule has 1 aromatic rings. The lowest BCUT2D eigenvalue weighted by Crippen LogP contribution is -2.54. The molecule has 1 aliphatic heterocycles. The number of aliphatic hydroxyl groups is 1. The zero-order chi connectivity index (χ0) is 13.7. The van der Waals surface area contributed by atoms with Crippen molar-refractivity contribution in [3.63, 3.8) is 0 Å². The van der Waals surface area contributed by atoms with Crippen LogP contribution in [0.15, 0.2) is 30.3 Å². The van der Waals surface area contributed by atoms with E-state index in [0.717, 1.165) is 19.6 Å². The molecular weight excluding hydrogens is 239 g/mol. The molecule has 1 amide bonds. The van der Waals surface area contributed by atoms with Crippen LogP contribution in [0.1, 0.15) is 12.0 Å². The molecule has 0 aliphatic carbocycles. The van der Waals surface area contributed by atoms with Crippen molar-refractivity contribution in [1.82, 2.24) is 9.80 Å². The van der Waals surface area contributed by atoms with Crippen LogP contribution in [0.4, 0.5) is 4.79 Å². The number of carbonyl (C=O) groups is 1. The summed E-state index contributed by atoms with van der Waals surface area (Å²) in [4.78, 5) is 15.3. The highest BCUT2D eigenvalue weighted by Gasteiger charge is 2.27. The third-order valence-electron chi connectivity index (χ3n) is 3.56. The molecule has 1 N–H and O–H groups in total. The minimum atomic E-state index is -0.391. The molecule has 0 saturated carbocycles. The standard InChI is InChI=1S/C14H19BN2O2/c15-14(19)17-8-7-16(11-13(17)6-9-18)10-12-4-2-1-3-5-12/h1-5,13,18H,6-11H2/t13-/m0/s1. The molecule has 0 aromatic heterocycles. The average molecular weight is 258 g/mol. The molecule has 0 spiro atoms. The zero-order valence-electron chi connectivity index (χ0n) is 11.0. The first-order chi connectivity index (χ1) is 9.20. The molecule has 1 aromatic carbocycles. The van der Waals surface area contributed by atoms with Crippen LogP contribution in [0.25, 0.3) is 0 Å². The number of hydrogen-bond donors (Lipinski definition) is 1. The van der Waals surface area contributed by atoms with E-state index >= 15 is 0 Å². The van der Waals surface area contributed by atoms with Crippen molar-refractivity contribution in [2.75, 3.05) is 26.2 Å². The third kappa shape index (κ3) is 3.82. The van der Waals surface area contributed by atoms with Crippen LogP contribution in [0.5, 0.6) is 0 Å². The van der Waals surface area contributed by atoms with E-state index < -0.39 is 5.81 Å². The molecule has 5 heteroatoms. The molecule has 2 radical (unpaired) electrons. The van der Waals surface area contributed by atoms with Crippen molar-refractivity contribution >= 4 is 13.7 Å². The summed E-state index contributed by atoms with van der Waals surface area (Å²) in [5.41, 5.74) is 1.26. The van der Waals surface area contributed by atoms with Gasteiger partial charge in [0.25, 0.3) is 0 Å². The molecule has 100 valence electrons. The van der Waals surface area contributed by atoms with E-state index in [1.807, 2.05) is 18.2 Å². The smallest absolute Gasteiger partial charge is 0.200 e. The minimum absolute atomic E-state index is 0.0139. The summed E-state index contributed by atoms with van der Waals surface area (Å²) < 4.78 is 0. The van der Waals surface area contributed by atoms with Gasteiger partial charge in [0.2, 0.25) is 7.85 Å². The maximum absolute atomic E-state index is 11.4. The zero-order valence-corrected chi connectivity index (χ0v) is 11.0. The van der Waals surface area contributed by atoms with E-state index in [1.165, 1.54) is 5.56 Å².